The Balaban J connectivity index is 1.94. The smallest absolute Gasteiger partial charge is 0.303 e. The summed E-state index contributed by atoms with van der Waals surface area (Å²) < 4.78 is 3.30. The molecule has 0 amide bonds. The Bertz CT molecular complexity index is 1090. The molecule has 2 N–H and O–H groups in total. The van der Waals surface area contributed by atoms with Crippen LogP contribution in [-0.2, 0) is 17.9 Å². The van der Waals surface area contributed by atoms with E-state index in [0.29, 0.717) is 6.42 Å². The molecule has 0 unspecified atom stereocenters. The van der Waals surface area contributed by atoms with Crippen molar-refractivity contribution >= 4 is 33.5 Å². The second-order valence-electron chi connectivity index (χ2n) is 9.59. The maximum absolute atomic E-state index is 10.9. The molecule has 0 saturated heterocycles. The minimum Gasteiger partial charge on any atom is -0.481 e. The molecule has 2 aromatic carbocycles. The van der Waals surface area contributed by atoms with Crippen molar-refractivity contribution in [2.45, 2.75) is 32.4 Å². The van der Waals surface area contributed by atoms with Crippen LogP contribution in [0.4, 0.5) is 5.69 Å². The molecule has 0 aliphatic carbocycles. The number of rotatable bonds is 11. The normalized spacial score (nSPS) is 11.9. The lowest BCUT2D eigenvalue weighted by Crippen LogP contribution is -2.44. The van der Waals surface area contributed by atoms with Crippen molar-refractivity contribution in [3.63, 3.8) is 0 Å². The molecule has 0 aliphatic heterocycles. The third-order valence-corrected chi connectivity index (χ3v) is 6.20. The Hall–Kier alpha value is -2.70. The van der Waals surface area contributed by atoms with Crippen molar-refractivity contribution in [3.8, 4) is 0 Å². The van der Waals surface area contributed by atoms with Gasteiger partial charge in [-0.15, -0.1) is 0 Å². The number of benzene rings is 2. The van der Waals surface area contributed by atoms with E-state index in [4.69, 9.17) is 5.11 Å². The summed E-state index contributed by atoms with van der Waals surface area (Å²) in [6, 6.07) is 15.7. The first-order chi connectivity index (χ1) is 15.2. The molecule has 6 nitrogen and oxygen atoms in total. The molecule has 3 aromatic rings. The quantitative estimate of drug-likeness (QED) is 0.274. The summed E-state index contributed by atoms with van der Waals surface area (Å²) in [4.78, 5) is 13.0. The van der Waals surface area contributed by atoms with Gasteiger partial charge in [-0.05, 0) is 36.9 Å². The lowest BCUT2D eigenvalue weighted by Gasteiger charge is -2.29. The van der Waals surface area contributed by atoms with Crippen molar-refractivity contribution in [2.75, 3.05) is 53.2 Å². The number of aliphatic carboxylic acids is 1. The number of anilines is 1. The van der Waals surface area contributed by atoms with Crippen LogP contribution in [0.25, 0.3) is 21.8 Å². The zero-order valence-electron chi connectivity index (χ0n) is 20.2. The number of quaternary nitrogens is 1. The number of nitrogens with zero attached hydrogens (tertiary/aromatic N) is 3. The van der Waals surface area contributed by atoms with Gasteiger partial charge in [0.2, 0.25) is 11.0 Å². The Morgan fingerprint density at radius 2 is 1.66 bits per heavy atom. The van der Waals surface area contributed by atoms with Gasteiger partial charge >= 0.3 is 5.97 Å². The lowest BCUT2D eigenvalue weighted by atomic mass is 10.1. The predicted molar refractivity (Wildman–Crippen MR) is 132 cm³/mol. The van der Waals surface area contributed by atoms with Gasteiger partial charge in [-0.25, -0.2) is 0 Å². The topological polar surface area (TPSA) is 56.5 Å². The lowest BCUT2D eigenvalue weighted by molar-refractivity contribution is -0.892. The minimum absolute atomic E-state index is 0.242. The molecule has 0 aliphatic rings. The van der Waals surface area contributed by atoms with E-state index in [2.05, 4.69) is 85.4 Å². The number of aryl methyl sites for hydroxylation is 1. The molecule has 1 aromatic heterocycles. The molecule has 0 saturated carbocycles. The largest absolute Gasteiger partial charge is 0.481 e. The Kier molecular flexibility index (Phi) is 7.69. The Labute approximate surface area is 191 Å². The fourth-order valence-electron chi connectivity index (χ4n) is 4.39. The van der Waals surface area contributed by atoms with Gasteiger partial charge in [0.25, 0.3) is 0 Å². The van der Waals surface area contributed by atoms with Crippen LogP contribution in [0.1, 0.15) is 24.8 Å². The van der Waals surface area contributed by atoms with Gasteiger partial charge < -0.3 is 19.8 Å². The molecule has 0 spiro atoms. The van der Waals surface area contributed by atoms with E-state index in [9.17, 15) is 4.79 Å². The SMILES string of the molecule is CNCc1ccc2cc3ccc(N(C)C)cc3[n+](CCC[N+](C)(C)CCCC(=O)O)c2c1. The summed E-state index contributed by atoms with van der Waals surface area (Å²) in [6.07, 6.45) is 1.99. The highest BCUT2D eigenvalue weighted by molar-refractivity contribution is 5.90. The molecule has 0 atom stereocenters. The van der Waals surface area contributed by atoms with Crippen molar-refractivity contribution < 1.29 is 19.0 Å². The third-order valence-electron chi connectivity index (χ3n) is 6.20. The highest BCUT2D eigenvalue weighted by Crippen LogP contribution is 2.24. The first-order valence-corrected chi connectivity index (χ1v) is 11.5. The Morgan fingerprint density at radius 1 is 1.00 bits per heavy atom. The van der Waals surface area contributed by atoms with Crippen LogP contribution in [0.5, 0.6) is 0 Å². The van der Waals surface area contributed by atoms with Crippen molar-refractivity contribution in [3.05, 3.63) is 48.0 Å². The third kappa shape index (κ3) is 5.96. The molecule has 0 bridgehead atoms. The van der Waals surface area contributed by atoms with E-state index in [1.54, 1.807) is 0 Å². The van der Waals surface area contributed by atoms with Gasteiger partial charge in [-0.1, -0.05) is 6.07 Å². The average Bonchev–Trinajstić information content (AvgIpc) is 2.72. The summed E-state index contributed by atoms with van der Waals surface area (Å²) in [5, 5.41) is 14.7. The van der Waals surface area contributed by atoms with Gasteiger partial charge in [-0.2, -0.15) is 4.57 Å². The van der Waals surface area contributed by atoms with E-state index < -0.39 is 5.97 Å². The van der Waals surface area contributed by atoms with Crippen molar-refractivity contribution in [1.82, 2.24) is 5.32 Å². The van der Waals surface area contributed by atoms with Crippen LogP contribution < -0.4 is 14.8 Å². The van der Waals surface area contributed by atoms with E-state index in [1.807, 2.05) is 7.05 Å². The molecule has 0 radical (unpaired) electrons. The van der Waals surface area contributed by atoms with Gasteiger partial charge in [-0.3, -0.25) is 4.79 Å². The maximum Gasteiger partial charge on any atom is 0.303 e. The fourth-order valence-corrected chi connectivity index (χ4v) is 4.39. The number of carboxylic acids is 1. The van der Waals surface area contributed by atoms with Crippen LogP contribution in [-0.4, -0.2) is 63.9 Å². The van der Waals surface area contributed by atoms with E-state index >= 15 is 0 Å². The number of carbonyl (C=O) groups is 1. The molecular weight excluding hydrogens is 400 g/mol. The Morgan fingerprint density at radius 3 is 2.31 bits per heavy atom. The first kappa shape index (κ1) is 24.0. The number of aromatic nitrogens is 1. The molecule has 1 heterocycles. The molecule has 172 valence electrons. The summed E-state index contributed by atoms with van der Waals surface area (Å²) in [7, 11) is 10.5. The van der Waals surface area contributed by atoms with E-state index in [-0.39, 0.29) is 6.42 Å². The number of pyridine rings is 1. The van der Waals surface area contributed by atoms with E-state index in [1.165, 1.54) is 33.1 Å². The van der Waals surface area contributed by atoms with Crippen LogP contribution in [0.2, 0.25) is 0 Å². The number of carboxylic acid groups (broad SMARTS) is 1. The maximum atomic E-state index is 10.9. The fraction of sp³-hybridized carbons (Fsp3) is 0.462. The summed E-state index contributed by atoms with van der Waals surface area (Å²) in [5.74, 6) is -0.711. The number of hydrogen-bond acceptors (Lipinski definition) is 3. The number of nitrogens with one attached hydrogen (secondary N) is 1. The number of fused-ring (bicyclic) bond motifs is 2. The summed E-state index contributed by atoms with van der Waals surface area (Å²) >= 11 is 0. The second kappa shape index (κ2) is 10.3. The average molecular weight is 439 g/mol. The van der Waals surface area contributed by atoms with Gasteiger partial charge in [0, 0.05) is 55.7 Å². The zero-order chi connectivity index (χ0) is 23.3. The molecule has 3 rings (SSSR count). The standard InChI is InChI=1S/C26H37N4O2/c1-27-19-20-9-10-21-17-22-11-12-23(28(2)3)18-25(22)29(24(21)16-20)13-7-15-30(4,5)14-6-8-26(31)32/h9-12,16-18,27H,6-8,13-15,19H2,1-5H3/q+1/p+1. The van der Waals surface area contributed by atoms with Gasteiger partial charge in [0.05, 0.1) is 40.0 Å². The monoisotopic (exact) mass is 438 g/mol. The van der Waals surface area contributed by atoms with Crippen LogP contribution >= 0.6 is 0 Å². The minimum atomic E-state index is -0.711. The zero-order valence-corrected chi connectivity index (χ0v) is 20.2. The van der Waals surface area contributed by atoms with Crippen molar-refractivity contribution in [2.24, 2.45) is 0 Å². The molecule has 0 fully saturated rings. The van der Waals surface area contributed by atoms with Crippen LogP contribution in [0, 0.1) is 0 Å². The highest BCUT2D eigenvalue weighted by Gasteiger charge is 2.20. The molecular formula is C26H38N4O2+2. The number of hydrogen-bond donors (Lipinski definition) is 2. The van der Waals surface area contributed by atoms with Gasteiger partial charge in [0.15, 0.2) is 6.54 Å². The molecule has 32 heavy (non-hydrogen) atoms. The van der Waals surface area contributed by atoms with Crippen LogP contribution in [0.3, 0.4) is 0 Å². The van der Waals surface area contributed by atoms with E-state index in [0.717, 1.165) is 37.1 Å². The summed E-state index contributed by atoms with van der Waals surface area (Å²) in [5.41, 5.74) is 4.99. The van der Waals surface area contributed by atoms with Crippen LogP contribution in [0.15, 0.2) is 42.5 Å². The summed E-state index contributed by atoms with van der Waals surface area (Å²) in [6.45, 7) is 3.66. The van der Waals surface area contributed by atoms with Gasteiger partial charge in [0.1, 0.15) is 0 Å². The highest BCUT2D eigenvalue weighted by atomic mass is 16.4. The van der Waals surface area contributed by atoms with Crippen molar-refractivity contribution in [1.29, 1.82) is 0 Å². The molecule has 6 heteroatoms. The first-order valence-electron chi connectivity index (χ1n) is 11.5. The predicted octanol–water partition coefficient (Wildman–Crippen LogP) is 3.40. The second-order valence-corrected chi connectivity index (χ2v) is 9.59.